The Kier molecular flexibility index (Phi) is 6.59. The lowest BCUT2D eigenvalue weighted by atomic mass is 10.0. The molecule has 1 amide bonds. The highest BCUT2D eigenvalue weighted by atomic mass is 35.5. The van der Waals surface area contributed by atoms with Crippen LogP contribution in [-0.2, 0) is 16.6 Å². The van der Waals surface area contributed by atoms with Crippen molar-refractivity contribution in [1.82, 2.24) is 19.1 Å². The zero-order valence-electron chi connectivity index (χ0n) is 17.6. The van der Waals surface area contributed by atoms with Gasteiger partial charge in [-0.3, -0.25) is 10.1 Å². The van der Waals surface area contributed by atoms with E-state index in [0.29, 0.717) is 19.6 Å². The molecule has 0 aliphatic carbocycles. The number of benzene rings is 2. The summed E-state index contributed by atoms with van der Waals surface area (Å²) in [7, 11) is -3.80. The van der Waals surface area contributed by atoms with E-state index in [9.17, 15) is 13.2 Å². The summed E-state index contributed by atoms with van der Waals surface area (Å²) in [4.78, 5) is 16.8. The van der Waals surface area contributed by atoms with Crippen molar-refractivity contribution < 1.29 is 13.2 Å². The Morgan fingerprint density at radius 1 is 1.22 bits per heavy atom. The number of halogens is 1. The molecule has 2 aromatic carbocycles. The highest BCUT2D eigenvalue weighted by Gasteiger charge is 2.31. The van der Waals surface area contributed by atoms with Crippen LogP contribution in [0.2, 0.25) is 5.02 Å². The number of aromatic nitrogens is 3. The van der Waals surface area contributed by atoms with Gasteiger partial charge in [-0.25, -0.2) is 18.1 Å². The SMILES string of the molecule is CC1CCCN(S(=O)(=O)c2cc(C(=O)Nc3ncn(Cc4ccccc4)n3)ccc2Cl)C1. The highest BCUT2D eigenvalue weighted by molar-refractivity contribution is 7.89. The fraction of sp³-hybridized carbons (Fsp3) is 0.318. The zero-order valence-corrected chi connectivity index (χ0v) is 19.2. The zero-order chi connectivity index (χ0) is 22.7. The summed E-state index contributed by atoms with van der Waals surface area (Å²) in [5, 5.41) is 6.97. The summed E-state index contributed by atoms with van der Waals surface area (Å²) in [5.74, 6) is -0.0985. The van der Waals surface area contributed by atoms with Gasteiger partial charge < -0.3 is 0 Å². The van der Waals surface area contributed by atoms with Gasteiger partial charge in [0.1, 0.15) is 11.2 Å². The number of nitrogens with zero attached hydrogens (tertiary/aromatic N) is 4. The van der Waals surface area contributed by atoms with E-state index >= 15 is 0 Å². The molecule has 0 radical (unpaired) electrons. The fourth-order valence-corrected chi connectivity index (χ4v) is 5.82. The first-order valence-electron chi connectivity index (χ1n) is 10.4. The Labute approximate surface area is 192 Å². The Hall–Kier alpha value is -2.75. The molecule has 8 nitrogen and oxygen atoms in total. The molecule has 1 aliphatic rings. The summed E-state index contributed by atoms with van der Waals surface area (Å²) >= 11 is 6.22. The Morgan fingerprint density at radius 2 is 2.00 bits per heavy atom. The van der Waals surface area contributed by atoms with Gasteiger partial charge in [-0.05, 0) is 42.5 Å². The standard InChI is InChI=1S/C22H24ClN5O3S/c1-16-6-5-11-28(13-16)32(30,31)20-12-18(9-10-19(20)23)21(29)25-22-24-15-27(26-22)14-17-7-3-2-4-8-17/h2-4,7-10,12,15-16H,5-6,11,13-14H2,1H3,(H,25,26,29). The highest BCUT2D eigenvalue weighted by Crippen LogP contribution is 2.29. The molecule has 0 spiro atoms. The molecular weight excluding hydrogens is 450 g/mol. The molecule has 1 atom stereocenters. The topological polar surface area (TPSA) is 97.2 Å². The van der Waals surface area contributed by atoms with Crippen molar-refractivity contribution in [3.8, 4) is 0 Å². The molecule has 168 valence electrons. The number of carbonyl (C=O) groups is 1. The molecular formula is C22H24ClN5O3S. The summed E-state index contributed by atoms with van der Waals surface area (Å²) in [6.45, 7) is 3.43. The van der Waals surface area contributed by atoms with Crippen LogP contribution >= 0.6 is 11.6 Å². The van der Waals surface area contributed by atoms with Gasteiger partial charge in [0.25, 0.3) is 5.91 Å². The monoisotopic (exact) mass is 473 g/mol. The first kappa shape index (κ1) is 22.4. The van der Waals surface area contributed by atoms with Crippen LogP contribution < -0.4 is 5.32 Å². The molecule has 0 bridgehead atoms. The minimum Gasteiger partial charge on any atom is -0.289 e. The average molecular weight is 474 g/mol. The van der Waals surface area contributed by atoms with Gasteiger partial charge in [0.2, 0.25) is 16.0 Å². The van der Waals surface area contributed by atoms with Crippen LogP contribution in [0.5, 0.6) is 0 Å². The average Bonchev–Trinajstić information content (AvgIpc) is 3.21. The normalized spacial score (nSPS) is 17.2. The molecule has 1 fully saturated rings. The van der Waals surface area contributed by atoms with Gasteiger partial charge in [0.05, 0.1) is 11.6 Å². The molecule has 10 heteroatoms. The van der Waals surface area contributed by atoms with Crippen molar-refractivity contribution in [2.75, 3.05) is 18.4 Å². The second-order valence-electron chi connectivity index (χ2n) is 7.96. The van der Waals surface area contributed by atoms with E-state index in [0.717, 1.165) is 18.4 Å². The van der Waals surface area contributed by atoms with E-state index in [2.05, 4.69) is 15.4 Å². The lowest BCUT2D eigenvalue weighted by molar-refractivity contribution is 0.102. The van der Waals surface area contributed by atoms with Crippen LogP contribution in [0.15, 0.2) is 59.8 Å². The quantitative estimate of drug-likeness (QED) is 0.589. The lowest BCUT2D eigenvalue weighted by Gasteiger charge is -2.30. The molecule has 3 aromatic rings. The lowest BCUT2D eigenvalue weighted by Crippen LogP contribution is -2.39. The smallest absolute Gasteiger partial charge is 0.258 e. The number of anilines is 1. The first-order chi connectivity index (χ1) is 15.3. The summed E-state index contributed by atoms with van der Waals surface area (Å²) in [5.41, 5.74) is 1.22. The molecule has 1 aromatic heterocycles. The van der Waals surface area contributed by atoms with Crippen molar-refractivity contribution in [1.29, 1.82) is 0 Å². The minimum atomic E-state index is -3.80. The third kappa shape index (κ3) is 5.01. The maximum Gasteiger partial charge on any atom is 0.258 e. The molecule has 0 saturated carbocycles. The van der Waals surface area contributed by atoms with Crippen molar-refractivity contribution in [3.05, 3.63) is 71.0 Å². The molecule has 1 N–H and O–H groups in total. The number of amides is 1. The second-order valence-corrected chi connectivity index (χ2v) is 10.3. The molecule has 1 unspecified atom stereocenters. The van der Waals surface area contributed by atoms with Gasteiger partial charge in [-0.15, -0.1) is 5.10 Å². The molecule has 32 heavy (non-hydrogen) atoms. The van der Waals surface area contributed by atoms with Crippen LogP contribution in [-0.4, -0.2) is 46.5 Å². The number of piperidine rings is 1. The molecule has 4 rings (SSSR count). The number of carbonyl (C=O) groups excluding carboxylic acids is 1. The number of hydrogen-bond donors (Lipinski definition) is 1. The van der Waals surface area contributed by atoms with Crippen molar-refractivity contribution in [3.63, 3.8) is 0 Å². The predicted octanol–water partition coefficient (Wildman–Crippen LogP) is 3.65. The van der Waals surface area contributed by atoms with Crippen LogP contribution in [0.3, 0.4) is 0 Å². The van der Waals surface area contributed by atoms with Crippen molar-refractivity contribution in [2.45, 2.75) is 31.2 Å². The number of hydrogen-bond acceptors (Lipinski definition) is 5. The van der Waals surface area contributed by atoms with Crippen LogP contribution in [0, 0.1) is 5.92 Å². The van der Waals surface area contributed by atoms with E-state index in [1.165, 1.54) is 28.8 Å². The Bertz CT molecular complexity index is 1210. The summed E-state index contributed by atoms with van der Waals surface area (Å²) in [6, 6.07) is 14.0. The van der Waals surface area contributed by atoms with Crippen LogP contribution in [0.1, 0.15) is 35.7 Å². The number of nitrogens with one attached hydrogen (secondary N) is 1. The van der Waals surface area contributed by atoms with Crippen molar-refractivity contribution in [2.24, 2.45) is 5.92 Å². The first-order valence-corrected chi connectivity index (χ1v) is 12.2. The summed E-state index contributed by atoms with van der Waals surface area (Å²) < 4.78 is 29.3. The fourth-order valence-electron chi connectivity index (χ4n) is 3.72. The largest absolute Gasteiger partial charge is 0.289 e. The molecule has 1 aliphatic heterocycles. The van der Waals surface area contributed by atoms with E-state index in [1.807, 2.05) is 37.3 Å². The van der Waals surface area contributed by atoms with E-state index in [1.54, 1.807) is 4.68 Å². The Morgan fingerprint density at radius 3 is 2.75 bits per heavy atom. The van der Waals surface area contributed by atoms with Crippen LogP contribution in [0.4, 0.5) is 5.95 Å². The van der Waals surface area contributed by atoms with Crippen LogP contribution in [0.25, 0.3) is 0 Å². The van der Waals surface area contributed by atoms with Gasteiger partial charge >= 0.3 is 0 Å². The third-order valence-corrected chi connectivity index (χ3v) is 7.73. The van der Waals surface area contributed by atoms with Gasteiger partial charge in [-0.2, -0.15) is 4.31 Å². The van der Waals surface area contributed by atoms with Crippen molar-refractivity contribution >= 4 is 33.5 Å². The van der Waals surface area contributed by atoms with E-state index in [-0.39, 0.29) is 27.3 Å². The minimum absolute atomic E-state index is 0.0662. The molecule has 2 heterocycles. The Balaban J connectivity index is 1.50. The van der Waals surface area contributed by atoms with Gasteiger partial charge in [-0.1, -0.05) is 48.9 Å². The van der Waals surface area contributed by atoms with Gasteiger partial charge in [0.15, 0.2) is 0 Å². The third-order valence-electron chi connectivity index (χ3n) is 5.38. The molecule has 1 saturated heterocycles. The number of rotatable bonds is 6. The maximum absolute atomic E-state index is 13.1. The second kappa shape index (κ2) is 9.40. The van der Waals surface area contributed by atoms with Gasteiger partial charge in [0, 0.05) is 18.7 Å². The number of sulfonamides is 1. The maximum atomic E-state index is 13.1. The van der Waals surface area contributed by atoms with E-state index in [4.69, 9.17) is 11.6 Å². The summed E-state index contributed by atoms with van der Waals surface area (Å²) in [6.07, 6.45) is 3.32. The van der Waals surface area contributed by atoms with E-state index < -0.39 is 15.9 Å². The predicted molar refractivity (Wildman–Crippen MR) is 122 cm³/mol.